The number of hydrogen-bond acceptors (Lipinski definition) is 3. The topological polar surface area (TPSA) is 32.5 Å². The lowest BCUT2D eigenvalue weighted by atomic mass is 9.75. The smallest absolute Gasteiger partial charge is 0.0330 e. The van der Waals surface area contributed by atoms with Crippen molar-refractivity contribution in [2.24, 2.45) is 11.7 Å². The van der Waals surface area contributed by atoms with Crippen LogP contribution in [0, 0.1) is 5.92 Å². The molecule has 0 heterocycles. The molecule has 2 aliphatic rings. The normalized spacial score (nSPS) is 31.3. The Morgan fingerprint density at radius 3 is 2.21 bits per heavy atom. The molecule has 0 bridgehead atoms. The van der Waals surface area contributed by atoms with Crippen molar-refractivity contribution in [3.8, 4) is 0 Å². The zero-order valence-corrected chi connectivity index (χ0v) is 13.2. The largest absolute Gasteiger partial charge is 0.330 e. The van der Waals surface area contributed by atoms with Gasteiger partial charge in [0.1, 0.15) is 0 Å². The molecular weight excluding hydrogens is 234 g/mol. The lowest BCUT2D eigenvalue weighted by Gasteiger charge is -2.51. The standard InChI is InChI=1S/C16H33N3/c1-18(2)16(10-7-11-16)13-19(3)15-9-6-4-5-8-14(15)12-17/h14-15H,4-13,17H2,1-3H3. The second kappa shape index (κ2) is 6.55. The molecule has 0 aromatic rings. The van der Waals surface area contributed by atoms with E-state index in [1.807, 2.05) is 0 Å². The first-order chi connectivity index (χ1) is 9.09. The van der Waals surface area contributed by atoms with Crippen LogP contribution >= 0.6 is 0 Å². The van der Waals surface area contributed by atoms with Gasteiger partial charge in [0.25, 0.3) is 0 Å². The van der Waals surface area contributed by atoms with E-state index in [1.165, 1.54) is 57.9 Å². The molecule has 3 nitrogen and oxygen atoms in total. The van der Waals surface area contributed by atoms with E-state index in [2.05, 4.69) is 30.9 Å². The first-order valence-electron chi connectivity index (χ1n) is 8.17. The first-order valence-corrected chi connectivity index (χ1v) is 8.17. The number of hydrogen-bond donors (Lipinski definition) is 1. The van der Waals surface area contributed by atoms with Crippen molar-refractivity contribution in [2.75, 3.05) is 34.2 Å². The van der Waals surface area contributed by atoms with Crippen LogP contribution in [0.5, 0.6) is 0 Å². The average Bonchev–Trinajstić information content (AvgIpc) is 2.57. The van der Waals surface area contributed by atoms with Crippen LogP contribution in [-0.2, 0) is 0 Å². The third-order valence-corrected chi connectivity index (χ3v) is 5.76. The maximum Gasteiger partial charge on any atom is 0.0330 e. The van der Waals surface area contributed by atoms with Gasteiger partial charge in [0.2, 0.25) is 0 Å². The lowest BCUT2D eigenvalue weighted by Crippen LogP contribution is -2.59. The molecule has 2 unspecified atom stereocenters. The summed E-state index contributed by atoms with van der Waals surface area (Å²) in [5.74, 6) is 0.715. The van der Waals surface area contributed by atoms with E-state index in [0.717, 1.165) is 6.54 Å². The van der Waals surface area contributed by atoms with Crippen molar-refractivity contribution in [2.45, 2.75) is 62.9 Å². The van der Waals surface area contributed by atoms with Crippen LogP contribution in [0.2, 0.25) is 0 Å². The van der Waals surface area contributed by atoms with E-state index in [1.54, 1.807) is 0 Å². The van der Waals surface area contributed by atoms with Crippen molar-refractivity contribution in [3.05, 3.63) is 0 Å². The average molecular weight is 267 g/mol. The Balaban J connectivity index is 1.98. The summed E-state index contributed by atoms with van der Waals surface area (Å²) in [4.78, 5) is 5.10. The predicted octanol–water partition coefficient (Wildman–Crippen LogP) is 2.31. The van der Waals surface area contributed by atoms with Crippen LogP contribution in [-0.4, -0.2) is 55.6 Å². The van der Waals surface area contributed by atoms with Crippen molar-refractivity contribution >= 4 is 0 Å². The van der Waals surface area contributed by atoms with Crippen molar-refractivity contribution in [3.63, 3.8) is 0 Å². The number of nitrogens with zero attached hydrogens (tertiary/aromatic N) is 2. The van der Waals surface area contributed by atoms with Gasteiger partial charge in [-0.1, -0.05) is 19.3 Å². The minimum Gasteiger partial charge on any atom is -0.330 e. The maximum atomic E-state index is 6.03. The molecule has 0 aliphatic heterocycles. The first kappa shape index (κ1) is 15.3. The summed E-state index contributed by atoms with van der Waals surface area (Å²) in [5.41, 5.74) is 6.48. The zero-order valence-electron chi connectivity index (χ0n) is 13.2. The highest BCUT2D eigenvalue weighted by Gasteiger charge is 2.41. The second-order valence-electron chi connectivity index (χ2n) is 7.09. The van der Waals surface area contributed by atoms with Gasteiger partial charge in [-0.2, -0.15) is 0 Å². The van der Waals surface area contributed by atoms with Gasteiger partial charge in [0.05, 0.1) is 0 Å². The van der Waals surface area contributed by atoms with E-state index in [-0.39, 0.29) is 0 Å². The highest BCUT2D eigenvalue weighted by atomic mass is 15.2. The molecule has 0 spiro atoms. The minimum absolute atomic E-state index is 0.445. The van der Waals surface area contributed by atoms with Crippen LogP contribution in [0.25, 0.3) is 0 Å². The fourth-order valence-electron chi connectivity index (χ4n) is 4.13. The highest BCUT2D eigenvalue weighted by molar-refractivity contribution is 4.99. The fraction of sp³-hybridized carbons (Fsp3) is 1.00. The lowest BCUT2D eigenvalue weighted by molar-refractivity contribution is 0.00680. The van der Waals surface area contributed by atoms with Crippen LogP contribution in [0.4, 0.5) is 0 Å². The minimum atomic E-state index is 0.445. The molecule has 2 N–H and O–H groups in total. The fourth-order valence-corrected chi connectivity index (χ4v) is 4.13. The van der Waals surface area contributed by atoms with Gasteiger partial charge < -0.3 is 15.5 Å². The van der Waals surface area contributed by atoms with E-state index in [0.29, 0.717) is 17.5 Å². The SMILES string of the molecule is CN(CC1(N(C)C)CCC1)C1CCCCCC1CN. The molecule has 0 amide bonds. The molecule has 2 saturated carbocycles. The van der Waals surface area contributed by atoms with Gasteiger partial charge in [0, 0.05) is 18.1 Å². The molecule has 3 heteroatoms. The Kier molecular flexibility index (Phi) is 5.27. The molecule has 2 fully saturated rings. The van der Waals surface area contributed by atoms with Crippen LogP contribution in [0.15, 0.2) is 0 Å². The Morgan fingerprint density at radius 2 is 1.68 bits per heavy atom. The monoisotopic (exact) mass is 267 g/mol. The summed E-state index contributed by atoms with van der Waals surface area (Å²) in [5, 5.41) is 0. The summed E-state index contributed by atoms with van der Waals surface area (Å²) in [7, 11) is 6.84. The summed E-state index contributed by atoms with van der Waals surface area (Å²) in [6, 6.07) is 0.713. The molecular formula is C16H33N3. The third-order valence-electron chi connectivity index (χ3n) is 5.76. The van der Waals surface area contributed by atoms with E-state index >= 15 is 0 Å². The van der Waals surface area contributed by atoms with E-state index in [9.17, 15) is 0 Å². The highest BCUT2D eigenvalue weighted by Crippen LogP contribution is 2.38. The Labute approximate surface area is 119 Å². The summed E-state index contributed by atoms with van der Waals surface area (Å²) < 4.78 is 0. The van der Waals surface area contributed by atoms with Gasteiger partial charge in [-0.3, -0.25) is 0 Å². The molecule has 0 aromatic carbocycles. The molecule has 0 aromatic heterocycles. The van der Waals surface area contributed by atoms with Crippen LogP contribution < -0.4 is 5.73 Å². The summed E-state index contributed by atoms with van der Waals surface area (Å²) in [6.45, 7) is 2.09. The summed E-state index contributed by atoms with van der Waals surface area (Å²) in [6.07, 6.45) is 11.0. The van der Waals surface area contributed by atoms with Crippen molar-refractivity contribution in [1.29, 1.82) is 0 Å². The maximum absolute atomic E-state index is 6.03. The Hall–Kier alpha value is -0.120. The molecule has 2 rings (SSSR count). The van der Waals surface area contributed by atoms with Gasteiger partial charge in [-0.05, 0) is 65.7 Å². The van der Waals surface area contributed by atoms with Gasteiger partial charge in [-0.15, -0.1) is 0 Å². The number of likely N-dealkylation sites (N-methyl/N-ethyl adjacent to an activating group) is 2. The van der Waals surface area contributed by atoms with Crippen molar-refractivity contribution in [1.82, 2.24) is 9.80 Å². The van der Waals surface area contributed by atoms with Gasteiger partial charge >= 0.3 is 0 Å². The number of nitrogens with two attached hydrogens (primary N) is 1. The van der Waals surface area contributed by atoms with Crippen molar-refractivity contribution < 1.29 is 0 Å². The quantitative estimate of drug-likeness (QED) is 0.776. The van der Waals surface area contributed by atoms with Crippen LogP contribution in [0.3, 0.4) is 0 Å². The summed E-state index contributed by atoms with van der Waals surface area (Å²) >= 11 is 0. The predicted molar refractivity (Wildman–Crippen MR) is 82.3 cm³/mol. The second-order valence-corrected chi connectivity index (χ2v) is 7.09. The Bertz CT molecular complexity index is 273. The molecule has 19 heavy (non-hydrogen) atoms. The number of rotatable bonds is 5. The van der Waals surface area contributed by atoms with Crippen LogP contribution in [0.1, 0.15) is 51.4 Å². The van der Waals surface area contributed by atoms with Gasteiger partial charge in [-0.25, -0.2) is 0 Å². The third kappa shape index (κ3) is 3.32. The molecule has 0 radical (unpaired) electrons. The van der Waals surface area contributed by atoms with Gasteiger partial charge in [0.15, 0.2) is 0 Å². The molecule has 2 aliphatic carbocycles. The van der Waals surface area contributed by atoms with E-state index in [4.69, 9.17) is 5.73 Å². The molecule has 0 saturated heterocycles. The Morgan fingerprint density at radius 1 is 1.00 bits per heavy atom. The zero-order chi connectivity index (χ0) is 13.9. The van der Waals surface area contributed by atoms with E-state index < -0.39 is 0 Å². The molecule has 112 valence electrons. The molecule has 2 atom stereocenters.